The molecule has 30 heavy (non-hydrogen) atoms. The first-order valence-corrected chi connectivity index (χ1v) is 9.28. The molecular formula is C23H21NO6. The molecular weight excluding hydrogens is 386 g/mol. The Balaban J connectivity index is 1.63. The Hall–Kier alpha value is -3.87. The number of carbonyl (C=O) groups excluding carboxylic acids is 3. The lowest BCUT2D eigenvalue weighted by Crippen LogP contribution is -2.44. The van der Waals surface area contributed by atoms with Crippen molar-refractivity contribution in [3.8, 4) is 5.75 Å². The van der Waals surface area contributed by atoms with Crippen LogP contribution >= 0.6 is 0 Å². The Kier molecular flexibility index (Phi) is 6.64. The summed E-state index contributed by atoms with van der Waals surface area (Å²) in [6.07, 6.45) is 0.235. The van der Waals surface area contributed by atoms with Crippen molar-refractivity contribution < 1.29 is 29.0 Å². The molecule has 0 radical (unpaired) electrons. The maximum atomic E-state index is 12.3. The van der Waals surface area contributed by atoms with Gasteiger partial charge in [-0.15, -0.1) is 0 Å². The van der Waals surface area contributed by atoms with Crippen LogP contribution in [0.3, 0.4) is 0 Å². The second-order valence-electron chi connectivity index (χ2n) is 6.59. The third kappa shape index (κ3) is 4.94. The highest BCUT2D eigenvalue weighted by molar-refractivity contribution is 6.01. The highest BCUT2D eigenvalue weighted by Crippen LogP contribution is 2.28. The van der Waals surface area contributed by atoms with Crippen molar-refractivity contribution >= 4 is 28.6 Å². The summed E-state index contributed by atoms with van der Waals surface area (Å²) in [5.41, 5.74) is 0.793. The number of methoxy groups -OCH3 is 1. The highest BCUT2D eigenvalue weighted by atomic mass is 16.5. The van der Waals surface area contributed by atoms with Gasteiger partial charge in [0, 0.05) is 11.8 Å². The summed E-state index contributed by atoms with van der Waals surface area (Å²) in [6.45, 7) is -0.604. The maximum absolute atomic E-state index is 12.3. The molecule has 3 aromatic carbocycles. The molecule has 3 rings (SSSR count). The first-order valence-electron chi connectivity index (χ1n) is 9.28. The van der Waals surface area contributed by atoms with Gasteiger partial charge in [-0.2, -0.15) is 0 Å². The van der Waals surface area contributed by atoms with Gasteiger partial charge in [-0.25, -0.2) is 9.59 Å². The highest BCUT2D eigenvalue weighted by Gasteiger charge is 2.23. The molecule has 0 aromatic heterocycles. The van der Waals surface area contributed by atoms with Crippen LogP contribution in [-0.4, -0.2) is 42.7 Å². The van der Waals surface area contributed by atoms with Crippen molar-refractivity contribution in [1.82, 2.24) is 5.32 Å². The van der Waals surface area contributed by atoms with Gasteiger partial charge in [-0.05, 0) is 17.0 Å². The quantitative estimate of drug-likeness (QED) is 0.584. The largest absolute Gasteiger partial charge is 0.506 e. The summed E-state index contributed by atoms with van der Waals surface area (Å²) in [6, 6.07) is 18.4. The molecule has 1 atom stereocenters. The van der Waals surface area contributed by atoms with Crippen LogP contribution in [0.1, 0.15) is 15.9 Å². The van der Waals surface area contributed by atoms with Crippen LogP contribution in [0.25, 0.3) is 10.8 Å². The molecule has 7 heteroatoms. The number of benzene rings is 3. The average molecular weight is 407 g/mol. The number of phenolic OH excluding ortho intramolecular Hbond substituents is 1. The van der Waals surface area contributed by atoms with Crippen LogP contribution in [0, 0.1) is 0 Å². The first-order chi connectivity index (χ1) is 14.5. The van der Waals surface area contributed by atoms with Gasteiger partial charge in [0.05, 0.1) is 7.11 Å². The predicted molar refractivity (Wildman–Crippen MR) is 110 cm³/mol. The van der Waals surface area contributed by atoms with Gasteiger partial charge < -0.3 is 19.9 Å². The van der Waals surface area contributed by atoms with E-state index in [-0.39, 0.29) is 17.7 Å². The number of phenols is 1. The van der Waals surface area contributed by atoms with Crippen molar-refractivity contribution in [3.63, 3.8) is 0 Å². The Morgan fingerprint density at radius 3 is 2.40 bits per heavy atom. The lowest BCUT2D eigenvalue weighted by Gasteiger charge is -2.16. The third-order valence-electron chi connectivity index (χ3n) is 4.56. The summed E-state index contributed by atoms with van der Waals surface area (Å²) in [5, 5.41) is 14.1. The number of aromatic hydroxyl groups is 1. The fourth-order valence-corrected chi connectivity index (χ4v) is 3.05. The van der Waals surface area contributed by atoms with E-state index in [9.17, 15) is 19.5 Å². The van der Waals surface area contributed by atoms with Gasteiger partial charge in [0.2, 0.25) is 0 Å². The number of carbonyl (C=O) groups is 3. The molecule has 0 aliphatic rings. The summed E-state index contributed by atoms with van der Waals surface area (Å²) in [4.78, 5) is 36.6. The third-order valence-corrected chi connectivity index (χ3v) is 4.56. The van der Waals surface area contributed by atoms with E-state index < -0.39 is 30.5 Å². The van der Waals surface area contributed by atoms with Gasteiger partial charge in [0.15, 0.2) is 6.61 Å². The van der Waals surface area contributed by atoms with E-state index in [1.54, 1.807) is 24.3 Å². The van der Waals surface area contributed by atoms with E-state index in [0.717, 1.165) is 10.9 Å². The predicted octanol–water partition coefficient (Wildman–Crippen LogP) is 2.60. The molecule has 7 nitrogen and oxygen atoms in total. The molecule has 3 aromatic rings. The van der Waals surface area contributed by atoms with Crippen molar-refractivity contribution in [2.24, 2.45) is 0 Å². The molecule has 0 bridgehead atoms. The van der Waals surface area contributed by atoms with Gasteiger partial charge >= 0.3 is 11.9 Å². The van der Waals surface area contributed by atoms with Gasteiger partial charge in [0.1, 0.15) is 17.4 Å². The zero-order chi connectivity index (χ0) is 21.5. The number of esters is 2. The Morgan fingerprint density at radius 1 is 0.967 bits per heavy atom. The zero-order valence-electron chi connectivity index (χ0n) is 16.3. The van der Waals surface area contributed by atoms with Crippen LogP contribution in [0.15, 0.2) is 66.7 Å². The standard InChI is InChI=1S/C23H21NO6/c1-29-23(28)19(13-15-7-3-2-4-8-15)24-20(25)14-30-22(27)18-12-11-16-9-5-6-10-17(16)21(18)26/h2-12,19,26H,13-14H2,1H3,(H,24,25)/t19-/m0/s1. The van der Waals surface area contributed by atoms with Crippen LogP contribution in [0.2, 0.25) is 0 Å². The molecule has 1 amide bonds. The van der Waals surface area contributed by atoms with E-state index in [1.165, 1.54) is 13.2 Å². The van der Waals surface area contributed by atoms with Gasteiger partial charge in [-0.1, -0.05) is 60.7 Å². The van der Waals surface area contributed by atoms with Crippen molar-refractivity contribution in [1.29, 1.82) is 0 Å². The molecule has 0 heterocycles. The van der Waals surface area contributed by atoms with Crippen LogP contribution in [-0.2, 0) is 25.5 Å². The summed E-state index contributed by atoms with van der Waals surface area (Å²) < 4.78 is 9.76. The fourth-order valence-electron chi connectivity index (χ4n) is 3.05. The molecule has 0 unspecified atom stereocenters. The maximum Gasteiger partial charge on any atom is 0.342 e. The molecule has 0 saturated carbocycles. The number of rotatable bonds is 7. The minimum Gasteiger partial charge on any atom is -0.506 e. The Bertz CT molecular complexity index is 1060. The van der Waals surface area contributed by atoms with Crippen molar-refractivity contribution in [2.75, 3.05) is 13.7 Å². The zero-order valence-corrected chi connectivity index (χ0v) is 16.3. The van der Waals surface area contributed by atoms with E-state index in [0.29, 0.717) is 5.39 Å². The molecule has 154 valence electrons. The lowest BCUT2D eigenvalue weighted by molar-refractivity contribution is -0.145. The van der Waals surface area contributed by atoms with E-state index in [4.69, 9.17) is 9.47 Å². The molecule has 0 fully saturated rings. The van der Waals surface area contributed by atoms with Gasteiger partial charge in [0.25, 0.3) is 5.91 Å². The minimum absolute atomic E-state index is 0.0460. The molecule has 0 saturated heterocycles. The van der Waals surface area contributed by atoms with Crippen molar-refractivity contribution in [2.45, 2.75) is 12.5 Å². The summed E-state index contributed by atoms with van der Waals surface area (Å²) in [7, 11) is 1.23. The number of hydrogen-bond acceptors (Lipinski definition) is 6. The van der Waals surface area contributed by atoms with Crippen LogP contribution in [0.5, 0.6) is 5.75 Å². The molecule has 0 spiro atoms. The number of fused-ring (bicyclic) bond motifs is 1. The normalized spacial score (nSPS) is 11.5. The monoisotopic (exact) mass is 407 g/mol. The minimum atomic E-state index is -0.919. The number of hydrogen-bond donors (Lipinski definition) is 2. The lowest BCUT2D eigenvalue weighted by atomic mass is 10.1. The smallest absolute Gasteiger partial charge is 0.342 e. The number of nitrogens with one attached hydrogen (secondary N) is 1. The first kappa shape index (κ1) is 20.9. The second kappa shape index (κ2) is 9.56. The fraction of sp³-hybridized carbons (Fsp3) is 0.174. The average Bonchev–Trinajstić information content (AvgIpc) is 2.77. The topological polar surface area (TPSA) is 102 Å². The molecule has 2 N–H and O–H groups in total. The van der Waals surface area contributed by atoms with Crippen molar-refractivity contribution in [3.05, 3.63) is 77.9 Å². The number of amides is 1. The Morgan fingerprint density at radius 2 is 1.67 bits per heavy atom. The number of ether oxygens (including phenoxy) is 2. The Labute approximate surface area is 173 Å². The summed E-state index contributed by atoms with van der Waals surface area (Å²) >= 11 is 0. The molecule has 0 aliphatic carbocycles. The van der Waals surface area contributed by atoms with E-state index in [2.05, 4.69) is 5.32 Å². The SMILES string of the molecule is COC(=O)[C@H](Cc1ccccc1)NC(=O)COC(=O)c1ccc2ccccc2c1O. The van der Waals surface area contributed by atoms with E-state index in [1.807, 2.05) is 36.4 Å². The van der Waals surface area contributed by atoms with Gasteiger partial charge in [-0.3, -0.25) is 4.79 Å². The summed E-state index contributed by atoms with van der Waals surface area (Å²) in [5.74, 6) is -2.32. The van der Waals surface area contributed by atoms with Crippen LogP contribution in [0.4, 0.5) is 0 Å². The molecule has 0 aliphatic heterocycles. The second-order valence-corrected chi connectivity index (χ2v) is 6.59. The van der Waals surface area contributed by atoms with E-state index >= 15 is 0 Å². The van der Waals surface area contributed by atoms with Crippen LogP contribution < -0.4 is 5.32 Å².